The highest BCUT2D eigenvalue weighted by Gasteiger charge is 2.14. The van der Waals surface area contributed by atoms with Crippen LogP contribution >= 0.6 is 0 Å². The molecule has 0 aliphatic heterocycles. The molecule has 4 aromatic rings. The number of unbranched alkanes of at least 4 members (excludes halogenated alkanes) is 11. The van der Waals surface area contributed by atoms with Gasteiger partial charge in [0, 0.05) is 0 Å². The molecule has 0 unspecified atom stereocenters. The van der Waals surface area contributed by atoms with Crippen molar-refractivity contribution < 1.29 is 4.74 Å². The van der Waals surface area contributed by atoms with Crippen LogP contribution in [-0.4, -0.2) is 31.2 Å². The molecule has 2 aromatic heterocycles. The van der Waals surface area contributed by atoms with Crippen LogP contribution in [0.1, 0.15) is 84.0 Å². The fourth-order valence-electron chi connectivity index (χ4n) is 4.59. The maximum Gasteiger partial charge on any atom is 0.267 e. The van der Waals surface area contributed by atoms with Crippen molar-refractivity contribution in [1.82, 2.24) is 24.6 Å². The Kier molecular flexibility index (Phi) is 9.26. The summed E-state index contributed by atoms with van der Waals surface area (Å²) in [7, 11) is 0. The Morgan fingerprint density at radius 3 is 2.09 bits per heavy atom. The number of rotatable bonds is 15. The Bertz CT molecular complexity index is 1250. The first-order valence-corrected chi connectivity index (χ1v) is 13.2. The van der Waals surface area contributed by atoms with Crippen molar-refractivity contribution in [2.45, 2.75) is 84.0 Å². The molecule has 186 valence electrons. The standard InChI is InChI=1S/C28H37N5O2/c1-2-3-4-5-6-7-8-9-10-11-12-15-22-35-24-20-18-23(19-21-24)32-27(34)25-16-13-14-17-26(25)33-28(32)29-30-31-33/h13-14,16-21H,2-12,15,22H2,1H3. The third kappa shape index (κ3) is 6.47. The van der Waals surface area contributed by atoms with Crippen molar-refractivity contribution in [2.75, 3.05) is 6.61 Å². The summed E-state index contributed by atoms with van der Waals surface area (Å²) in [6, 6.07) is 14.9. The van der Waals surface area contributed by atoms with Gasteiger partial charge in [-0.15, -0.1) is 0 Å². The van der Waals surface area contributed by atoms with E-state index < -0.39 is 0 Å². The van der Waals surface area contributed by atoms with E-state index in [1.54, 1.807) is 10.6 Å². The molecule has 0 amide bonds. The molecule has 0 N–H and O–H groups in total. The largest absolute Gasteiger partial charge is 0.494 e. The summed E-state index contributed by atoms with van der Waals surface area (Å²) in [5.74, 6) is 1.19. The third-order valence-electron chi connectivity index (χ3n) is 6.58. The first kappa shape index (κ1) is 24.9. The fourth-order valence-corrected chi connectivity index (χ4v) is 4.59. The van der Waals surface area contributed by atoms with Crippen molar-refractivity contribution in [3.63, 3.8) is 0 Å². The number of hydrogen-bond donors (Lipinski definition) is 0. The van der Waals surface area contributed by atoms with Crippen LogP contribution in [0.25, 0.3) is 22.4 Å². The van der Waals surface area contributed by atoms with Gasteiger partial charge in [-0.1, -0.05) is 94.8 Å². The lowest BCUT2D eigenvalue weighted by atomic mass is 10.1. The van der Waals surface area contributed by atoms with Gasteiger partial charge < -0.3 is 4.74 Å². The highest BCUT2D eigenvalue weighted by atomic mass is 16.5. The first-order chi connectivity index (χ1) is 17.3. The molecule has 0 fully saturated rings. The van der Waals surface area contributed by atoms with E-state index in [-0.39, 0.29) is 5.56 Å². The number of aromatic nitrogens is 5. The van der Waals surface area contributed by atoms with Gasteiger partial charge in [-0.3, -0.25) is 4.79 Å². The van der Waals surface area contributed by atoms with Crippen LogP contribution in [0, 0.1) is 0 Å². The van der Waals surface area contributed by atoms with E-state index in [9.17, 15) is 4.79 Å². The monoisotopic (exact) mass is 475 g/mol. The first-order valence-electron chi connectivity index (χ1n) is 13.2. The number of fused-ring (bicyclic) bond motifs is 3. The topological polar surface area (TPSA) is 74.3 Å². The van der Waals surface area contributed by atoms with Crippen LogP contribution < -0.4 is 10.3 Å². The van der Waals surface area contributed by atoms with E-state index in [1.165, 1.54) is 75.2 Å². The molecule has 4 rings (SSSR count). The van der Waals surface area contributed by atoms with Crippen molar-refractivity contribution in [2.24, 2.45) is 0 Å². The molecular formula is C28H37N5O2. The molecule has 0 radical (unpaired) electrons. The molecule has 0 aliphatic carbocycles. The zero-order valence-electron chi connectivity index (χ0n) is 20.9. The minimum absolute atomic E-state index is 0.145. The Balaban J connectivity index is 1.21. The van der Waals surface area contributed by atoms with Crippen molar-refractivity contribution in [3.05, 3.63) is 58.9 Å². The number of ether oxygens (including phenoxy) is 1. The summed E-state index contributed by atoms with van der Waals surface area (Å²) in [6.07, 6.45) is 16.0. The van der Waals surface area contributed by atoms with Gasteiger partial charge in [-0.05, 0) is 53.2 Å². The number of nitrogens with zero attached hydrogens (tertiary/aromatic N) is 5. The maximum absolute atomic E-state index is 13.2. The second kappa shape index (κ2) is 13.0. The van der Waals surface area contributed by atoms with Gasteiger partial charge in [-0.2, -0.15) is 4.52 Å². The molecular weight excluding hydrogens is 438 g/mol. The van der Waals surface area contributed by atoms with Crippen LogP contribution in [0.2, 0.25) is 0 Å². The van der Waals surface area contributed by atoms with Gasteiger partial charge in [0.15, 0.2) is 0 Å². The second-order valence-electron chi connectivity index (χ2n) is 9.28. The Morgan fingerprint density at radius 2 is 1.40 bits per heavy atom. The van der Waals surface area contributed by atoms with Gasteiger partial charge in [0.05, 0.1) is 23.2 Å². The van der Waals surface area contributed by atoms with Crippen LogP contribution in [0.5, 0.6) is 5.75 Å². The smallest absolute Gasteiger partial charge is 0.267 e. The second-order valence-corrected chi connectivity index (χ2v) is 9.28. The molecule has 0 aliphatic rings. The highest BCUT2D eigenvalue weighted by molar-refractivity contribution is 5.80. The number of benzene rings is 2. The van der Waals surface area contributed by atoms with Gasteiger partial charge in [-0.25, -0.2) is 4.57 Å². The number of para-hydroxylation sites is 1. The van der Waals surface area contributed by atoms with Crippen LogP contribution in [0.4, 0.5) is 0 Å². The van der Waals surface area contributed by atoms with Crippen molar-refractivity contribution in [1.29, 1.82) is 0 Å². The molecule has 2 aromatic carbocycles. The Hall–Kier alpha value is -3.22. The van der Waals surface area contributed by atoms with Crippen molar-refractivity contribution in [3.8, 4) is 11.4 Å². The van der Waals surface area contributed by atoms with Gasteiger partial charge in [0.1, 0.15) is 5.75 Å². The molecule has 0 atom stereocenters. The van der Waals surface area contributed by atoms with Crippen LogP contribution in [0.15, 0.2) is 53.3 Å². The van der Waals surface area contributed by atoms with Crippen LogP contribution in [-0.2, 0) is 0 Å². The molecule has 2 heterocycles. The van der Waals surface area contributed by atoms with Crippen molar-refractivity contribution >= 4 is 16.7 Å². The molecule has 7 heteroatoms. The van der Waals surface area contributed by atoms with E-state index in [2.05, 4.69) is 22.4 Å². The predicted octanol–water partition coefficient (Wildman–Crippen LogP) is 6.51. The van der Waals surface area contributed by atoms with E-state index >= 15 is 0 Å². The highest BCUT2D eigenvalue weighted by Crippen LogP contribution is 2.19. The predicted molar refractivity (Wildman–Crippen MR) is 140 cm³/mol. The van der Waals surface area contributed by atoms with Gasteiger partial charge >= 0.3 is 0 Å². The van der Waals surface area contributed by atoms with E-state index in [1.807, 2.05) is 42.5 Å². The molecule has 0 spiro atoms. The zero-order chi connectivity index (χ0) is 24.3. The zero-order valence-corrected chi connectivity index (χ0v) is 20.9. The molecule has 0 saturated carbocycles. The third-order valence-corrected chi connectivity index (χ3v) is 6.58. The lowest BCUT2D eigenvalue weighted by Crippen LogP contribution is -2.21. The fraction of sp³-hybridized carbons (Fsp3) is 0.500. The average Bonchev–Trinajstić information content (AvgIpc) is 3.37. The van der Waals surface area contributed by atoms with Gasteiger partial charge in [0.25, 0.3) is 11.3 Å². The maximum atomic E-state index is 13.2. The van der Waals surface area contributed by atoms with E-state index in [0.717, 1.165) is 12.2 Å². The molecule has 0 bridgehead atoms. The van der Waals surface area contributed by atoms with Crippen LogP contribution in [0.3, 0.4) is 0 Å². The van der Waals surface area contributed by atoms with Gasteiger partial charge in [0.2, 0.25) is 0 Å². The van der Waals surface area contributed by atoms with E-state index in [4.69, 9.17) is 4.74 Å². The quantitative estimate of drug-likeness (QED) is 0.183. The Morgan fingerprint density at radius 1 is 0.771 bits per heavy atom. The summed E-state index contributed by atoms with van der Waals surface area (Å²) in [5, 5.41) is 12.5. The molecule has 7 nitrogen and oxygen atoms in total. The number of hydrogen-bond acceptors (Lipinski definition) is 5. The summed E-state index contributed by atoms with van der Waals surface area (Å²) in [6.45, 7) is 2.98. The molecule has 0 saturated heterocycles. The summed E-state index contributed by atoms with van der Waals surface area (Å²) in [4.78, 5) is 13.2. The summed E-state index contributed by atoms with van der Waals surface area (Å²) < 4.78 is 9.06. The lowest BCUT2D eigenvalue weighted by molar-refractivity contribution is 0.304. The SMILES string of the molecule is CCCCCCCCCCCCCCOc1ccc(-n2c(=O)c3ccccc3n3nnnc23)cc1. The minimum Gasteiger partial charge on any atom is -0.494 e. The normalized spacial score (nSPS) is 11.5. The molecule has 35 heavy (non-hydrogen) atoms. The summed E-state index contributed by atoms with van der Waals surface area (Å²) in [5.41, 5.74) is 1.25. The average molecular weight is 476 g/mol. The Labute approximate surface area is 207 Å². The number of tetrazole rings is 1. The summed E-state index contributed by atoms with van der Waals surface area (Å²) >= 11 is 0. The lowest BCUT2D eigenvalue weighted by Gasteiger charge is -2.10. The van der Waals surface area contributed by atoms with E-state index in [0.29, 0.717) is 29.0 Å². The minimum atomic E-state index is -0.145.